The summed E-state index contributed by atoms with van der Waals surface area (Å²) in [5, 5.41) is 0.802. The second kappa shape index (κ2) is 3.38. The van der Waals surface area contributed by atoms with Gasteiger partial charge in [0.1, 0.15) is 11.9 Å². The van der Waals surface area contributed by atoms with Crippen LogP contribution in [-0.4, -0.2) is 11.6 Å². The predicted octanol–water partition coefficient (Wildman–Crippen LogP) is 2.70. The normalized spacial score (nSPS) is 25.1. The summed E-state index contributed by atoms with van der Waals surface area (Å²) >= 11 is 6.13. The zero-order chi connectivity index (χ0) is 11.3. The summed E-state index contributed by atoms with van der Waals surface area (Å²) in [6.45, 7) is 2.09. The van der Waals surface area contributed by atoms with E-state index in [0.717, 1.165) is 36.5 Å². The first kappa shape index (κ1) is 10.4. The van der Waals surface area contributed by atoms with Gasteiger partial charge in [-0.15, -0.1) is 0 Å². The van der Waals surface area contributed by atoms with Gasteiger partial charge in [-0.25, -0.2) is 0 Å². The third kappa shape index (κ3) is 1.80. The first-order chi connectivity index (χ1) is 7.56. The molecule has 1 aromatic rings. The number of fused-ring (bicyclic) bond motifs is 1. The van der Waals surface area contributed by atoms with Crippen LogP contribution in [0.5, 0.6) is 5.75 Å². The van der Waals surface area contributed by atoms with E-state index in [9.17, 15) is 0 Å². The van der Waals surface area contributed by atoms with E-state index in [4.69, 9.17) is 22.1 Å². The Bertz CT molecular complexity index is 440. The zero-order valence-corrected chi connectivity index (χ0v) is 10.2. The van der Waals surface area contributed by atoms with Gasteiger partial charge in [-0.3, -0.25) is 0 Å². The smallest absolute Gasteiger partial charge is 0.126 e. The molecule has 1 unspecified atom stereocenters. The van der Waals surface area contributed by atoms with Gasteiger partial charge in [-0.1, -0.05) is 11.6 Å². The van der Waals surface area contributed by atoms with Gasteiger partial charge in [0.25, 0.3) is 0 Å². The molecule has 1 aromatic carbocycles. The van der Waals surface area contributed by atoms with E-state index in [0.29, 0.717) is 0 Å². The average molecular weight is 238 g/mol. The van der Waals surface area contributed by atoms with Gasteiger partial charge in [0, 0.05) is 17.0 Å². The Morgan fingerprint density at radius 1 is 1.50 bits per heavy atom. The molecule has 3 heteroatoms. The molecule has 0 saturated heterocycles. The first-order valence-corrected chi connectivity index (χ1v) is 6.20. The molecule has 2 nitrogen and oxygen atoms in total. The van der Waals surface area contributed by atoms with E-state index in [1.165, 1.54) is 11.1 Å². The van der Waals surface area contributed by atoms with Crippen LogP contribution < -0.4 is 10.5 Å². The van der Waals surface area contributed by atoms with Crippen LogP contribution in [0.1, 0.15) is 30.9 Å². The van der Waals surface area contributed by atoms with Crippen LogP contribution >= 0.6 is 11.6 Å². The Balaban J connectivity index is 1.98. The summed E-state index contributed by atoms with van der Waals surface area (Å²) in [7, 11) is 0. The second-order valence-corrected chi connectivity index (χ2v) is 5.66. The average Bonchev–Trinajstić information content (AvgIpc) is 2.76. The molecule has 0 radical (unpaired) electrons. The molecule has 1 aliphatic heterocycles. The Hall–Kier alpha value is -0.730. The number of hydrogen-bond acceptors (Lipinski definition) is 2. The minimum atomic E-state index is 0.00758. The van der Waals surface area contributed by atoms with Gasteiger partial charge < -0.3 is 10.5 Å². The Labute approximate surface area is 101 Å². The molecule has 1 aliphatic carbocycles. The fraction of sp³-hybridized carbons (Fsp3) is 0.538. The van der Waals surface area contributed by atoms with Crippen LogP contribution in [0.4, 0.5) is 0 Å². The van der Waals surface area contributed by atoms with Crippen LogP contribution in [0.2, 0.25) is 5.02 Å². The molecule has 16 heavy (non-hydrogen) atoms. The van der Waals surface area contributed by atoms with E-state index < -0.39 is 0 Å². The van der Waals surface area contributed by atoms with Crippen LogP contribution in [0.15, 0.2) is 12.1 Å². The van der Waals surface area contributed by atoms with E-state index in [1.807, 2.05) is 12.1 Å². The molecule has 1 atom stereocenters. The van der Waals surface area contributed by atoms with Crippen molar-refractivity contribution < 1.29 is 4.74 Å². The van der Waals surface area contributed by atoms with Gasteiger partial charge in [0.15, 0.2) is 0 Å². The Kier molecular flexibility index (Phi) is 2.20. The Morgan fingerprint density at radius 2 is 2.25 bits per heavy atom. The maximum absolute atomic E-state index is 6.16. The van der Waals surface area contributed by atoms with Crippen molar-refractivity contribution in [2.24, 2.45) is 5.73 Å². The van der Waals surface area contributed by atoms with Gasteiger partial charge in [-0.2, -0.15) is 0 Å². The van der Waals surface area contributed by atoms with Crippen molar-refractivity contribution in [1.82, 2.24) is 0 Å². The monoisotopic (exact) mass is 237 g/mol. The standard InChI is InChI=1S/C13H16ClNO/c1-8-4-9-5-11(14)6-10(12(9)16-8)7-13(15)2-3-13/h5-6,8H,2-4,7,15H2,1H3. The summed E-state index contributed by atoms with van der Waals surface area (Å²) in [6.07, 6.45) is 4.34. The molecule has 2 aliphatic rings. The number of ether oxygens (including phenoxy) is 1. The minimum Gasteiger partial charge on any atom is -0.490 e. The van der Waals surface area contributed by atoms with Crippen molar-refractivity contribution in [2.75, 3.05) is 0 Å². The van der Waals surface area contributed by atoms with Crippen molar-refractivity contribution in [1.29, 1.82) is 0 Å². The Morgan fingerprint density at radius 3 is 2.94 bits per heavy atom. The van der Waals surface area contributed by atoms with Crippen molar-refractivity contribution in [2.45, 2.75) is 44.2 Å². The summed E-state index contributed by atoms with van der Waals surface area (Å²) in [5.41, 5.74) is 8.59. The van der Waals surface area contributed by atoms with E-state index in [1.54, 1.807) is 0 Å². The number of rotatable bonds is 2. The number of halogens is 1. The SMILES string of the molecule is CC1Cc2cc(Cl)cc(CC3(N)CC3)c2O1. The fourth-order valence-electron chi connectivity index (χ4n) is 2.42. The molecule has 0 bridgehead atoms. The fourth-order valence-corrected chi connectivity index (χ4v) is 2.68. The quantitative estimate of drug-likeness (QED) is 0.859. The van der Waals surface area contributed by atoms with Crippen molar-refractivity contribution >= 4 is 11.6 Å². The van der Waals surface area contributed by atoms with E-state index >= 15 is 0 Å². The molecular formula is C13H16ClNO. The molecule has 3 rings (SSSR count). The number of nitrogens with two attached hydrogens (primary N) is 1. The van der Waals surface area contributed by atoms with Crippen LogP contribution in [-0.2, 0) is 12.8 Å². The lowest BCUT2D eigenvalue weighted by atomic mass is 10.0. The van der Waals surface area contributed by atoms with Crippen molar-refractivity contribution in [3.05, 3.63) is 28.3 Å². The van der Waals surface area contributed by atoms with Crippen LogP contribution in [0.25, 0.3) is 0 Å². The summed E-state index contributed by atoms with van der Waals surface area (Å²) in [4.78, 5) is 0. The maximum Gasteiger partial charge on any atom is 0.126 e. The molecular weight excluding hydrogens is 222 g/mol. The highest BCUT2D eigenvalue weighted by Gasteiger charge is 2.39. The topological polar surface area (TPSA) is 35.2 Å². The third-order valence-electron chi connectivity index (χ3n) is 3.47. The maximum atomic E-state index is 6.16. The van der Waals surface area contributed by atoms with Crippen molar-refractivity contribution in [3.63, 3.8) is 0 Å². The lowest BCUT2D eigenvalue weighted by Gasteiger charge is -2.13. The highest BCUT2D eigenvalue weighted by Crippen LogP contribution is 2.42. The van der Waals surface area contributed by atoms with Gasteiger partial charge in [0.05, 0.1) is 0 Å². The zero-order valence-electron chi connectivity index (χ0n) is 9.42. The van der Waals surface area contributed by atoms with Gasteiger partial charge >= 0.3 is 0 Å². The second-order valence-electron chi connectivity index (χ2n) is 5.22. The predicted molar refractivity (Wildman–Crippen MR) is 65.1 cm³/mol. The number of benzene rings is 1. The van der Waals surface area contributed by atoms with Gasteiger partial charge in [-0.05, 0) is 49.4 Å². The largest absolute Gasteiger partial charge is 0.490 e. The van der Waals surface area contributed by atoms with Crippen molar-refractivity contribution in [3.8, 4) is 5.75 Å². The van der Waals surface area contributed by atoms with Gasteiger partial charge in [0.2, 0.25) is 0 Å². The molecule has 0 aromatic heterocycles. The lowest BCUT2D eigenvalue weighted by Crippen LogP contribution is -2.24. The first-order valence-electron chi connectivity index (χ1n) is 5.83. The van der Waals surface area contributed by atoms with Crippen LogP contribution in [0, 0.1) is 0 Å². The molecule has 1 heterocycles. The molecule has 86 valence electrons. The summed E-state index contributed by atoms with van der Waals surface area (Å²) < 4.78 is 5.85. The van der Waals surface area contributed by atoms with E-state index in [2.05, 4.69) is 6.92 Å². The lowest BCUT2D eigenvalue weighted by molar-refractivity contribution is 0.252. The summed E-state index contributed by atoms with van der Waals surface area (Å²) in [6, 6.07) is 4.02. The third-order valence-corrected chi connectivity index (χ3v) is 3.69. The number of hydrogen-bond donors (Lipinski definition) is 1. The molecule has 0 spiro atoms. The molecule has 1 fully saturated rings. The molecule has 0 amide bonds. The summed E-state index contributed by atoms with van der Waals surface area (Å²) in [5.74, 6) is 1.04. The highest BCUT2D eigenvalue weighted by atomic mass is 35.5. The molecule has 1 saturated carbocycles. The minimum absolute atomic E-state index is 0.00758. The van der Waals surface area contributed by atoms with E-state index in [-0.39, 0.29) is 11.6 Å². The molecule has 2 N–H and O–H groups in total. The van der Waals surface area contributed by atoms with Crippen LogP contribution in [0.3, 0.4) is 0 Å². The highest BCUT2D eigenvalue weighted by molar-refractivity contribution is 6.30.